The number of ether oxygens (including phenoxy) is 2. The molecule has 0 aliphatic carbocycles. The van der Waals surface area contributed by atoms with E-state index in [-0.39, 0.29) is 6.10 Å². The van der Waals surface area contributed by atoms with E-state index in [4.69, 9.17) is 9.47 Å². The maximum atomic E-state index is 5.55. The molecule has 0 radical (unpaired) electrons. The summed E-state index contributed by atoms with van der Waals surface area (Å²) in [5.41, 5.74) is 0.938. The first-order valence-corrected chi connectivity index (χ1v) is 6.64. The van der Waals surface area contributed by atoms with Crippen molar-refractivity contribution in [1.82, 2.24) is 15.3 Å². The highest BCUT2D eigenvalue weighted by Gasteiger charge is 2.16. The molecular weight excluding hydrogens is 230 g/mol. The Bertz CT molecular complexity index is 337. The molecule has 18 heavy (non-hydrogen) atoms. The standard InChI is InChI=1S/C13H21N3O2/c1-2-5-14-7-11-8-16-13(9-15-11)18-10-12-4-3-6-17-12/h8-9,12,14H,2-7,10H2,1H3. The van der Waals surface area contributed by atoms with Crippen LogP contribution in [0.3, 0.4) is 0 Å². The second-order valence-electron chi connectivity index (χ2n) is 4.47. The molecule has 0 amide bonds. The van der Waals surface area contributed by atoms with Crippen molar-refractivity contribution < 1.29 is 9.47 Å². The van der Waals surface area contributed by atoms with Crippen molar-refractivity contribution in [2.75, 3.05) is 19.8 Å². The Morgan fingerprint density at radius 1 is 1.44 bits per heavy atom. The average molecular weight is 251 g/mol. The van der Waals surface area contributed by atoms with E-state index in [1.165, 1.54) is 0 Å². The van der Waals surface area contributed by atoms with Gasteiger partial charge in [-0.2, -0.15) is 0 Å². The van der Waals surface area contributed by atoms with Crippen LogP contribution < -0.4 is 10.1 Å². The van der Waals surface area contributed by atoms with Crippen molar-refractivity contribution in [3.05, 3.63) is 18.1 Å². The molecule has 100 valence electrons. The summed E-state index contributed by atoms with van der Waals surface area (Å²) in [6.07, 6.45) is 6.98. The summed E-state index contributed by atoms with van der Waals surface area (Å²) in [5.74, 6) is 0.574. The van der Waals surface area contributed by atoms with E-state index in [9.17, 15) is 0 Å². The Morgan fingerprint density at radius 2 is 2.39 bits per heavy atom. The van der Waals surface area contributed by atoms with Gasteiger partial charge in [0.1, 0.15) is 6.61 Å². The summed E-state index contributed by atoms with van der Waals surface area (Å²) in [6, 6.07) is 0. The predicted octanol–water partition coefficient (Wildman–Crippen LogP) is 1.53. The Morgan fingerprint density at radius 3 is 3.06 bits per heavy atom. The van der Waals surface area contributed by atoms with Gasteiger partial charge in [0.2, 0.25) is 5.88 Å². The second-order valence-corrected chi connectivity index (χ2v) is 4.47. The van der Waals surface area contributed by atoms with Gasteiger partial charge in [-0.3, -0.25) is 4.98 Å². The summed E-state index contributed by atoms with van der Waals surface area (Å²) in [6.45, 7) is 5.32. The minimum atomic E-state index is 0.220. The van der Waals surface area contributed by atoms with Crippen LogP contribution in [0.15, 0.2) is 12.4 Å². The summed E-state index contributed by atoms with van der Waals surface area (Å²) >= 11 is 0. The van der Waals surface area contributed by atoms with Gasteiger partial charge in [-0.15, -0.1) is 0 Å². The largest absolute Gasteiger partial charge is 0.474 e. The lowest BCUT2D eigenvalue weighted by molar-refractivity contribution is 0.0661. The number of nitrogens with one attached hydrogen (secondary N) is 1. The van der Waals surface area contributed by atoms with E-state index in [0.29, 0.717) is 12.5 Å². The number of rotatable bonds is 7. The van der Waals surface area contributed by atoms with Crippen molar-refractivity contribution in [2.45, 2.75) is 38.8 Å². The smallest absolute Gasteiger partial charge is 0.232 e. The molecule has 5 nitrogen and oxygen atoms in total. The van der Waals surface area contributed by atoms with Gasteiger partial charge < -0.3 is 14.8 Å². The summed E-state index contributed by atoms with van der Waals surface area (Å²) in [7, 11) is 0. The molecule has 1 saturated heterocycles. The highest BCUT2D eigenvalue weighted by Crippen LogP contribution is 2.13. The minimum absolute atomic E-state index is 0.220. The predicted molar refractivity (Wildman–Crippen MR) is 68.5 cm³/mol. The Kier molecular flexibility index (Phi) is 5.36. The second kappa shape index (κ2) is 7.28. The molecule has 0 saturated carbocycles. The van der Waals surface area contributed by atoms with Gasteiger partial charge in [0, 0.05) is 13.2 Å². The van der Waals surface area contributed by atoms with Gasteiger partial charge in [0.05, 0.1) is 24.2 Å². The molecule has 2 rings (SSSR count). The topological polar surface area (TPSA) is 56.3 Å². The monoisotopic (exact) mass is 251 g/mol. The fraction of sp³-hybridized carbons (Fsp3) is 0.692. The third-order valence-corrected chi connectivity index (χ3v) is 2.86. The lowest BCUT2D eigenvalue weighted by atomic mass is 10.2. The maximum absolute atomic E-state index is 5.55. The minimum Gasteiger partial charge on any atom is -0.474 e. The van der Waals surface area contributed by atoms with E-state index in [2.05, 4.69) is 22.2 Å². The number of nitrogens with zero attached hydrogens (tertiary/aromatic N) is 2. The molecule has 1 atom stereocenters. The van der Waals surface area contributed by atoms with Crippen molar-refractivity contribution in [3.8, 4) is 5.88 Å². The van der Waals surface area contributed by atoms with E-state index in [0.717, 1.165) is 44.7 Å². The molecule has 1 N–H and O–H groups in total. The molecule has 1 aromatic rings. The molecule has 1 fully saturated rings. The van der Waals surface area contributed by atoms with Gasteiger partial charge in [-0.25, -0.2) is 4.98 Å². The van der Waals surface area contributed by atoms with E-state index >= 15 is 0 Å². The molecule has 1 aliphatic heterocycles. The number of hydrogen-bond donors (Lipinski definition) is 1. The van der Waals surface area contributed by atoms with Gasteiger partial charge in [-0.05, 0) is 25.8 Å². The number of aromatic nitrogens is 2. The van der Waals surface area contributed by atoms with Crippen LogP contribution in [0.4, 0.5) is 0 Å². The third-order valence-electron chi connectivity index (χ3n) is 2.86. The van der Waals surface area contributed by atoms with Crippen LogP contribution in [-0.2, 0) is 11.3 Å². The van der Waals surface area contributed by atoms with Gasteiger partial charge in [0.15, 0.2) is 0 Å². The van der Waals surface area contributed by atoms with Crippen LogP contribution in [-0.4, -0.2) is 35.8 Å². The summed E-state index contributed by atoms with van der Waals surface area (Å²) in [4.78, 5) is 8.54. The summed E-state index contributed by atoms with van der Waals surface area (Å²) < 4.78 is 11.0. The molecule has 0 spiro atoms. The number of hydrogen-bond acceptors (Lipinski definition) is 5. The van der Waals surface area contributed by atoms with E-state index in [1.807, 2.05) is 0 Å². The SMILES string of the molecule is CCCNCc1cnc(OCC2CCCO2)cn1. The lowest BCUT2D eigenvalue weighted by Gasteiger charge is -2.10. The normalized spacial score (nSPS) is 19.1. The first kappa shape index (κ1) is 13.2. The van der Waals surface area contributed by atoms with Crippen LogP contribution in [0.5, 0.6) is 5.88 Å². The van der Waals surface area contributed by atoms with E-state index in [1.54, 1.807) is 12.4 Å². The molecule has 2 heterocycles. The van der Waals surface area contributed by atoms with Gasteiger partial charge in [0.25, 0.3) is 0 Å². The average Bonchev–Trinajstić information content (AvgIpc) is 2.91. The lowest BCUT2D eigenvalue weighted by Crippen LogP contribution is -2.17. The first-order chi connectivity index (χ1) is 8.88. The van der Waals surface area contributed by atoms with Gasteiger partial charge in [-0.1, -0.05) is 6.92 Å². The van der Waals surface area contributed by atoms with Crippen LogP contribution in [0.1, 0.15) is 31.9 Å². The first-order valence-electron chi connectivity index (χ1n) is 6.64. The fourth-order valence-electron chi connectivity index (χ4n) is 1.86. The Labute approximate surface area is 108 Å². The fourth-order valence-corrected chi connectivity index (χ4v) is 1.86. The van der Waals surface area contributed by atoms with Crippen molar-refractivity contribution in [2.24, 2.45) is 0 Å². The Balaban J connectivity index is 1.72. The van der Waals surface area contributed by atoms with Gasteiger partial charge >= 0.3 is 0 Å². The van der Waals surface area contributed by atoms with Crippen molar-refractivity contribution >= 4 is 0 Å². The molecule has 0 aromatic carbocycles. The molecule has 1 aromatic heterocycles. The maximum Gasteiger partial charge on any atom is 0.232 e. The summed E-state index contributed by atoms with van der Waals surface area (Å²) in [5, 5.41) is 3.28. The van der Waals surface area contributed by atoms with Crippen LogP contribution in [0.2, 0.25) is 0 Å². The molecule has 0 bridgehead atoms. The Hall–Kier alpha value is -1.20. The van der Waals surface area contributed by atoms with Crippen LogP contribution in [0, 0.1) is 0 Å². The molecular formula is C13H21N3O2. The van der Waals surface area contributed by atoms with Crippen LogP contribution in [0.25, 0.3) is 0 Å². The highest BCUT2D eigenvalue weighted by molar-refractivity contribution is 5.07. The third kappa shape index (κ3) is 4.23. The van der Waals surface area contributed by atoms with Crippen LogP contribution >= 0.6 is 0 Å². The molecule has 5 heteroatoms. The van der Waals surface area contributed by atoms with Crippen molar-refractivity contribution in [1.29, 1.82) is 0 Å². The molecule has 1 unspecified atom stereocenters. The quantitative estimate of drug-likeness (QED) is 0.745. The molecule has 1 aliphatic rings. The zero-order chi connectivity index (χ0) is 12.6. The highest BCUT2D eigenvalue weighted by atomic mass is 16.5. The van der Waals surface area contributed by atoms with Crippen molar-refractivity contribution in [3.63, 3.8) is 0 Å². The zero-order valence-corrected chi connectivity index (χ0v) is 10.9. The van der Waals surface area contributed by atoms with E-state index < -0.39 is 0 Å². The zero-order valence-electron chi connectivity index (χ0n) is 10.9.